The molecule has 0 radical (unpaired) electrons. The van der Waals surface area contributed by atoms with Crippen molar-refractivity contribution in [1.29, 1.82) is 0 Å². The molecule has 10 heteroatoms. The fourth-order valence-electron chi connectivity index (χ4n) is 3.79. The molecule has 1 fully saturated rings. The largest absolute Gasteiger partial charge is 0.508 e. The average Bonchev–Trinajstić information content (AvgIpc) is 3.42. The first-order chi connectivity index (χ1) is 17.5. The highest BCUT2D eigenvalue weighted by Crippen LogP contribution is 2.29. The number of alkyl carbamates (subject to hydrolysis) is 1. The van der Waals surface area contributed by atoms with E-state index < -0.39 is 38.2 Å². The fraction of sp³-hybridized carbons (Fsp3) is 0.654. The van der Waals surface area contributed by atoms with Crippen molar-refractivity contribution in [2.45, 2.75) is 89.9 Å². The van der Waals surface area contributed by atoms with E-state index >= 15 is 0 Å². The topological polar surface area (TPSA) is 120 Å². The summed E-state index contributed by atoms with van der Waals surface area (Å²) in [5.41, 5.74) is 0.896. The lowest BCUT2D eigenvalue weighted by molar-refractivity contribution is -0.166. The molecule has 2 unspecified atom stereocenters. The molecule has 1 aliphatic rings. The van der Waals surface area contributed by atoms with E-state index in [0.29, 0.717) is 38.5 Å². The predicted octanol–water partition coefficient (Wildman–Crippen LogP) is 5.00. The van der Waals surface area contributed by atoms with Gasteiger partial charge in [0.25, 0.3) is 0 Å². The summed E-state index contributed by atoms with van der Waals surface area (Å²) in [6.45, 7) is 3.37. The number of benzene rings is 1. The highest BCUT2D eigenvalue weighted by atomic mass is 31.1. The maximum Gasteiger partial charge on any atom is 0.508 e. The number of hydrogen-bond donors (Lipinski definition) is 2. The Hall–Kier alpha value is -2.35. The van der Waals surface area contributed by atoms with E-state index in [2.05, 4.69) is 17.6 Å². The van der Waals surface area contributed by atoms with Gasteiger partial charge >= 0.3 is 26.1 Å². The van der Waals surface area contributed by atoms with Gasteiger partial charge in [0.1, 0.15) is 12.6 Å². The maximum absolute atomic E-state index is 12.6. The lowest BCUT2D eigenvalue weighted by Gasteiger charge is -2.13. The van der Waals surface area contributed by atoms with Crippen LogP contribution >= 0.6 is 8.03 Å². The number of rotatable bonds is 17. The SMILES string of the molecule is CCCCCCC[P+](=O)OC(CCCCNC(=O)OCc1ccccc1)C(=O)OC(=O)[C@@H]1CCCN1. The average molecular weight is 524 g/mol. The molecule has 3 atom stereocenters. The number of nitrogens with one attached hydrogen (secondary N) is 2. The van der Waals surface area contributed by atoms with Crippen molar-refractivity contribution in [2.75, 3.05) is 19.3 Å². The number of hydrogen-bond acceptors (Lipinski definition) is 8. The summed E-state index contributed by atoms with van der Waals surface area (Å²) < 4.78 is 28.2. The lowest BCUT2D eigenvalue weighted by Crippen LogP contribution is -2.37. The number of ether oxygens (including phenoxy) is 2. The molecule has 0 aromatic heterocycles. The summed E-state index contributed by atoms with van der Waals surface area (Å²) >= 11 is 0. The van der Waals surface area contributed by atoms with Crippen LogP contribution < -0.4 is 10.6 Å². The van der Waals surface area contributed by atoms with Crippen LogP contribution in [0.3, 0.4) is 0 Å². The van der Waals surface area contributed by atoms with E-state index in [9.17, 15) is 18.9 Å². The first-order valence-electron chi connectivity index (χ1n) is 13.0. The van der Waals surface area contributed by atoms with E-state index in [4.69, 9.17) is 14.0 Å². The van der Waals surface area contributed by atoms with Gasteiger partial charge in [-0.1, -0.05) is 56.5 Å². The van der Waals surface area contributed by atoms with Gasteiger partial charge in [0.05, 0.1) is 0 Å². The van der Waals surface area contributed by atoms with Gasteiger partial charge in [0, 0.05) is 6.54 Å². The molecule has 0 spiro atoms. The monoisotopic (exact) mass is 523 g/mol. The second kappa shape index (κ2) is 18.0. The van der Waals surface area contributed by atoms with Gasteiger partial charge in [0.15, 0.2) is 6.16 Å². The van der Waals surface area contributed by atoms with Gasteiger partial charge < -0.3 is 20.1 Å². The van der Waals surface area contributed by atoms with Crippen molar-refractivity contribution in [3.63, 3.8) is 0 Å². The predicted molar refractivity (Wildman–Crippen MR) is 137 cm³/mol. The molecule has 200 valence electrons. The standard InChI is InChI=1S/C26H39N2O7P/c1-2-3-4-5-11-19-36(32)35-23(25(30)34-24(29)22-15-12-18-27-22)16-9-10-17-28-26(31)33-20-21-13-7-6-8-14-21/h6-8,13-14,22-23,27H,2-5,9-12,15-20H2,1H3/p+1/t22-,23?/m0/s1. The third-order valence-corrected chi connectivity index (χ3v) is 7.04. The summed E-state index contributed by atoms with van der Waals surface area (Å²) in [4.78, 5) is 36.7. The molecule has 1 amide bonds. The van der Waals surface area contributed by atoms with Gasteiger partial charge in [0.2, 0.25) is 6.10 Å². The van der Waals surface area contributed by atoms with Crippen molar-refractivity contribution in [3.05, 3.63) is 35.9 Å². The van der Waals surface area contributed by atoms with Gasteiger partial charge in [-0.05, 0) is 61.6 Å². The molecule has 1 aromatic rings. The molecular formula is C26H40N2O7P+. The van der Waals surface area contributed by atoms with Crippen LogP contribution in [0.15, 0.2) is 30.3 Å². The Morgan fingerprint density at radius 1 is 1.08 bits per heavy atom. The smallest absolute Gasteiger partial charge is 0.445 e. The zero-order valence-corrected chi connectivity index (χ0v) is 22.1. The molecule has 2 rings (SSSR count). The van der Waals surface area contributed by atoms with Crippen molar-refractivity contribution < 1.29 is 32.9 Å². The third kappa shape index (κ3) is 12.6. The van der Waals surface area contributed by atoms with E-state index in [-0.39, 0.29) is 13.0 Å². The number of carbonyl (C=O) groups is 3. The molecule has 0 saturated carbocycles. The van der Waals surface area contributed by atoms with Crippen LogP contribution in [-0.2, 0) is 34.8 Å². The Morgan fingerprint density at radius 2 is 1.86 bits per heavy atom. The molecule has 2 N–H and O–H groups in total. The van der Waals surface area contributed by atoms with Crippen molar-refractivity contribution in [1.82, 2.24) is 10.6 Å². The summed E-state index contributed by atoms with van der Waals surface area (Å²) in [7, 11) is -2.04. The molecular weight excluding hydrogens is 483 g/mol. The van der Waals surface area contributed by atoms with E-state index in [1.807, 2.05) is 30.3 Å². The molecule has 36 heavy (non-hydrogen) atoms. The molecule has 1 aromatic carbocycles. The van der Waals surface area contributed by atoms with Crippen LogP contribution in [0.1, 0.15) is 76.7 Å². The minimum absolute atomic E-state index is 0.184. The van der Waals surface area contributed by atoms with Crippen LogP contribution in [0.4, 0.5) is 4.79 Å². The lowest BCUT2D eigenvalue weighted by atomic mass is 10.1. The molecule has 0 bridgehead atoms. The van der Waals surface area contributed by atoms with E-state index in [0.717, 1.165) is 44.1 Å². The van der Waals surface area contributed by atoms with Gasteiger partial charge in [-0.15, -0.1) is 4.52 Å². The zero-order chi connectivity index (χ0) is 26.0. The van der Waals surface area contributed by atoms with E-state index in [1.54, 1.807) is 0 Å². The minimum atomic E-state index is -2.04. The Kier molecular flexibility index (Phi) is 14.9. The van der Waals surface area contributed by atoms with Crippen LogP contribution in [0.25, 0.3) is 0 Å². The van der Waals surface area contributed by atoms with Crippen molar-refractivity contribution >= 4 is 26.1 Å². The maximum atomic E-state index is 12.6. The molecule has 1 aliphatic heterocycles. The van der Waals surface area contributed by atoms with Crippen LogP contribution in [-0.4, -0.2) is 49.4 Å². The fourth-order valence-corrected chi connectivity index (χ4v) is 4.86. The second-order valence-corrected chi connectivity index (χ2v) is 10.3. The highest BCUT2D eigenvalue weighted by molar-refractivity contribution is 7.39. The third-order valence-electron chi connectivity index (χ3n) is 5.87. The van der Waals surface area contributed by atoms with Crippen molar-refractivity contribution in [3.8, 4) is 0 Å². The van der Waals surface area contributed by atoms with Gasteiger partial charge in [-0.3, -0.25) is 0 Å². The Bertz CT molecular complexity index is 816. The normalized spacial score (nSPS) is 16.2. The minimum Gasteiger partial charge on any atom is -0.445 e. The first kappa shape index (κ1) is 29.9. The summed E-state index contributed by atoms with van der Waals surface area (Å²) in [6, 6.07) is 8.89. The quantitative estimate of drug-likeness (QED) is 0.127. The molecule has 9 nitrogen and oxygen atoms in total. The molecule has 1 saturated heterocycles. The molecule has 0 aliphatic carbocycles. The Balaban J connectivity index is 1.73. The second-order valence-electron chi connectivity index (χ2n) is 8.94. The highest BCUT2D eigenvalue weighted by Gasteiger charge is 2.34. The Morgan fingerprint density at radius 3 is 2.58 bits per heavy atom. The van der Waals surface area contributed by atoms with Crippen LogP contribution in [0.5, 0.6) is 0 Å². The van der Waals surface area contributed by atoms with Crippen LogP contribution in [0, 0.1) is 0 Å². The van der Waals surface area contributed by atoms with Gasteiger partial charge in [-0.25, -0.2) is 14.4 Å². The van der Waals surface area contributed by atoms with Crippen LogP contribution in [0.2, 0.25) is 0 Å². The summed E-state index contributed by atoms with van der Waals surface area (Å²) in [5.74, 6) is -1.43. The first-order valence-corrected chi connectivity index (χ1v) is 14.4. The van der Waals surface area contributed by atoms with Gasteiger partial charge in [-0.2, -0.15) is 0 Å². The number of amides is 1. The Labute approximate surface area is 214 Å². The van der Waals surface area contributed by atoms with Crippen molar-refractivity contribution in [2.24, 2.45) is 0 Å². The summed E-state index contributed by atoms with van der Waals surface area (Å²) in [5, 5.41) is 5.67. The van der Waals surface area contributed by atoms with E-state index in [1.165, 1.54) is 0 Å². The number of carbonyl (C=O) groups excluding carboxylic acids is 3. The zero-order valence-electron chi connectivity index (χ0n) is 21.2. The number of unbranched alkanes of at least 4 members (excludes halogenated alkanes) is 5. The molecule has 1 heterocycles. The number of esters is 2. The summed E-state index contributed by atoms with van der Waals surface area (Å²) in [6.07, 6.45) is 6.60.